The van der Waals surface area contributed by atoms with Crippen LogP contribution in [-0.2, 0) is 0 Å². The number of rotatable bonds is 6. The van der Waals surface area contributed by atoms with Crippen molar-refractivity contribution in [3.05, 3.63) is 0 Å². The molecular weight excluding hydrogens is 178 g/mol. The van der Waals surface area contributed by atoms with Crippen molar-refractivity contribution in [1.29, 1.82) is 0 Å². The highest BCUT2D eigenvalue weighted by atomic mass is 79.9. The fourth-order valence-corrected chi connectivity index (χ4v) is 1.09. The molecule has 2 heteroatoms. The summed E-state index contributed by atoms with van der Waals surface area (Å²) in [6.45, 7) is 4.43. The Bertz CT molecular complexity index is 42.2. The van der Waals surface area contributed by atoms with Gasteiger partial charge in [-0.2, -0.15) is 0 Å². The molecular formula is C7H16BrN. The van der Waals surface area contributed by atoms with Gasteiger partial charge in [-0.1, -0.05) is 29.3 Å². The van der Waals surface area contributed by atoms with Gasteiger partial charge in [0, 0.05) is 5.33 Å². The van der Waals surface area contributed by atoms with Gasteiger partial charge in [-0.3, -0.25) is 0 Å². The van der Waals surface area contributed by atoms with Crippen molar-refractivity contribution in [2.75, 3.05) is 18.4 Å². The van der Waals surface area contributed by atoms with E-state index in [0.717, 1.165) is 11.9 Å². The predicted molar refractivity (Wildman–Crippen MR) is 46.2 cm³/mol. The third-order valence-corrected chi connectivity index (χ3v) is 1.80. The fraction of sp³-hybridized carbons (Fsp3) is 1.00. The maximum absolute atomic E-state index is 3.40. The van der Waals surface area contributed by atoms with Gasteiger partial charge in [0.15, 0.2) is 0 Å². The molecule has 0 saturated heterocycles. The summed E-state index contributed by atoms with van der Waals surface area (Å²) in [5.74, 6) is 0. The van der Waals surface area contributed by atoms with E-state index in [9.17, 15) is 0 Å². The molecule has 0 amide bonds. The highest BCUT2D eigenvalue weighted by molar-refractivity contribution is 9.09. The molecule has 0 radical (unpaired) electrons. The van der Waals surface area contributed by atoms with E-state index in [4.69, 9.17) is 0 Å². The smallest absolute Gasteiger partial charge is 0.00313 e. The van der Waals surface area contributed by atoms with Crippen molar-refractivity contribution in [2.24, 2.45) is 0 Å². The Morgan fingerprint density at radius 1 is 1.22 bits per heavy atom. The Kier molecular flexibility index (Phi) is 8.85. The van der Waals surface area contributed by atoms with Crippen LogP contribution in [0.15, 0.2) is 0 Å². The molecule has 0 aliphatic rings. The minimum absolute atomic E-state index is 1.11. The molecule has 1 N–H and O–H groups in total. The summed E-state index contributed by atoms with van der Waals surface area (Å²) < 4.78 is 0. The van der Waals surface area contributed by atoms with Crippen LogP contribution in [0.1, 0.15) is 26.2 Å². The van der Waals surface area contributed by atoms with Crippen LogP contribution in [0.2, 0.25) is 0 Å². The highest BCUT2D eigenvalue weighted by Gasteiger charge is 1.85. The van der Waals surface area contributed by atoms with E-state index in [0.29, 0.717) is 0 Å². The molecule has 0 spiro atoms. The second-order valence-corrected chi connectivity index (χ2v) is 2.90. The first-order valence-electron chi connectivity index (χ1n) is 3.68. The van der Waals surface area contributed by atoms with E-state index in [1.807, 2.05) is 0 Å². The molecule has 0 aliphatic carbocycles. The highest BCUT2D eigenvalue weighted by Crippen LogP contribution is 1.96. The third kappa shape index (κ3) is 8.44. The summed E-state index contributed by atoms with van der Waals surface area (Å²) in [4.78, 5) is 0. The average molecular weight is 194 g/mol. The maximum Gasteiger partial charge on any atom is 0.00313 e. The van der Waals surface area contributed by atoms with E-state index in [1.165, 1.54) is 25.8 Å². The lowest BCUT2D eigenvalue weighted by Crippen LogP contribution is -2.13. The predicted octanol–water partition coefficient (Wildman–Crippen LogP) is 2.16. The van der Waals surface area contributed by atoms with Crippen molar-refractivity contribution in [2.45, 2.75) is 26.2 Å². The lowest BCUT2D eigenvalue weighted by Gasteiger charge is -1.98. The SMILES string of the molecule is CCNCCCCCBr. The van der Waals surface area contributed by atoms with Crippen molar-refractivity contribution in [1.82, 2.24) is 5.32 Å². The van der Waals surface area contributed by atoms with Crippen LogP contribution in [0.4, 0.5) is 0 Å². The molecule has 0 atom stereocenters. The van der Waals surface area contributed by atoms with Gasteiger partial charge < -0.3 is 5.32 Å². The lowest BCUT2D eigenvalue weighted by atomic mass is 10.2. The Hall–Kier alpha value is 0.440. The van der Waals surface area contributed by atoms with Crippen molar-refractivity contribution < 1.29 is 0 Å². The zero-order valence-corrected chi connectivity index (χ0v) is 7.71. The number of hydrogen-bond acceptors (Lipinski definition) is 1. The molecule has 0 aliphatic heterocycles. The molecule has 0 unspecified atom stereocenters. The Morgan fingerprint density at radius 2 is 2.00 bits per heavy atom. The van der Waals surface area contributed by atoms with Gasteiger partial charge in [0.05, 0.1) is 0 Å². The fourth-order valence-electron chi connectivity index (χ4n) is 0.698. The zero-order valence-electron chi connectivity index (χ0n) is 6.12. The molecule has 0 heterocycles. The summed E-state index contributed by atoms with van der Waals surface area (Å²) in [5.41, 5.74) is 0. The van der Waals surface area contributed by atoms with E-state index in [1.54, 1.807) is 0 Å². The van der Waals surface area contributed by atoms with Gasteiger partial charge in [-0.25, -0.2) is 0 Å². The number of unbranched alkanes of at least 4 members (excludes halogenated alkanes) is 2. The number of halogens is 1. The van der Waals surface area contributed by atoms with Crippen LogP contribution in [0, 0.1) is 0 Å². The second kappa shape index (κ2) is 8.44. The van der Waals surface area contributed by atoms with Crippen LogP contribution in [0.3, 0.4) is 0 Å². The largest absolute Gasteiger partial charge is 0.317 e. The molecule has 0 aromatic rings. The van der Waals surface area contributed by atoms with Gasteiger partial charge in [0.25, 0.3) is 0 Å². The molecule has 56 valence electrons. The van der Waals surface area contributed by atoms with Crippen molar-refractivity contribution >= 4 is 15.9 Å². The molecule has 0 fully saturated rings. The summed E-state index contributed by atoms with van der Waals surface area (Å²) in [6, 6.07) is 0. The number of alkyl halides is 1. The topological polar surface area (TPSA) is 12.0 Å². The van der Waals surface area contributed by atoms with Gasteiger partial charge in [0.1, 0.15) is 0 Å². The number of nitrogens with one attached hydrogen (secondary N) is 1. The Morgan fingerprint density at radius 3 is 2.56 bits per heavy atom. The van der Waals surface area contributed by atoms with Crippen molar-refractivity contribution in [3.8, 4) is 0 Å². The van der Waals surface area contributed by atoms with Crippen LogP contribution in [0.5, 0.6) is 0 Å². The average Bonchev–Trinajstić information content (AvgIpc) is 1.89. The lowest BCUT2D eigenvalue weighted by molar-refractivity contribution is 0.636. The third-order valence-electron chi connectivity index (χ3n) is 1.24. The molecule has 1 nitrogen and oxygen atoms in total. The summed E-state index contributed by atoms with van der Waals surface area (Å²) >= 11 is 3.40. The molecule has 0 aromatic heterocycles. The molecule has 9 heavy (non-hydrogen) atoms. The summed E-state index contributed by atoms with van der Waals surface area (Å²) in [5, 5.41) is 4.44. The maximum atomic E-state index is 3.40. The van der Waals surface area contributed by atoms with E-state index in [-0.39, 0.29) is 0 Å². The van der Waals surface area contributed by atoms with Crippen molar-refractivity contribution in [3.63, 3.8) is 0 Å². The van der Waals surface area contributed by atoms with Gasteiger partial charge in [-0.15, -0.1) is 0 Å². The molecule has 0 bridgehead atoms. The second-order valence-electron chi connectivity index (χ2n) is 2.10. The van der Waals surface area contributed by atoms with E-state index in [2.05, 4.69) is 28.2 Å². The minimum Gasteiger partial charge on any atom is -0.317 e. The quantitative estimate of drug-likeness (QED) is 0.504. The van der Waals surface area contributed by atoms with Crippen LogP contribution in [-0.4, -0.2) is 18.4 Å². The Labute approximate surface area is 66.3 Å². The van der Waals surface area contributed by atoms with Crippen LogP contribution < -0.4 is 5.32 Å². The van der Waals surface area contributed by atoms with Crippen LogP contribution >= 0.6 is 15.9 Å². The van der Waals surface area contributed by atoms with Crippen LogP contribution in [0.25, 0.3) is 0 Å². The van der Waals surface area contributed by atoms with E-state index < -0.39 is 0 Å². The standard InChI is InChI=1S/C7H16BrN/c1-2-9-7-5-3-4-6-8/h9H,2-7H2,1H3. The first-order chi connectivity index (χ1) is 4.41. The first kappa shape index (κ1) is 9.44. The van der Waals surface area contributed by atoms with Gasteiger partial charge in [-0.05, 0) is 25.9 Å². The molecule has 0 aromatic carbocycles. The minimum atomic E-state index is 1.11. The van der Waals surface area contributed by atoms with Gasteiger partial charge in [0.2, 0.25) is 0 Å². The first-order valence-corrected chi connectivity index (χ1v) is 4.80. The Balaban J connectivity index is 2.60. The number of hydrogen-bond donors (Lipinski definition) is 1. The monoisotopic (exact) mass is 193 g/mol. The summed E-state index contributed by atoms with van der Waals surface area (Å²) in [7, 11) is 0. The van der Waals surface area contributed by atoms with E-state index >= 15 is 0 Å². The molecule has 0 saturated carbocycles. The molecule has 0 rings (SSSR count). The van der Waals surface area contributed by atoms with Gasteiger partial charge >= 0.3 is 0 Å². The zero-order chi connectivity index (χ0) is 6.95. The summed E-state index contributed by atoms with van der Waals surface area (Å²) in [6.07, 6.45) is 3.98. The normalized spacial score (nSPS) is 10.0.